The summed E-state index contributed by atoms with van der Waals surface area (Å²) in [7, 11) is 0. The summed E-state index contributed by atoms with van der Waals surface area (Å²) in [6.07, 6.45) is -5.95. The highest BCUT2D eigenvalue weighted by Crippen LogP contribution is 2.44. The van der Waals surface area contributed by atoms with Crippen molar-refractivity contribution in [3.63, 3.8) is 0 Å². The Morgan fingerprint density at radius 2 is 0.452 bits per heavy atom. The molecule has 4 aliphatic rings. The maximum Gasteiger partial charge on any atom is 0.200 e. The molecule has 0 saturated carbocycles. The number of aromatic amines is 2. The Morgan fingerprint density at radius 1 is 0.230 bits per heavy atom. The molecule has 17 rings (SSSR count). The van der Waals surface area contributed by atoms with Crippen LogP contribution in [0.5, 0.6) is 0 Å². The van der Waals surface area contributed by atoms with Gasteiger partial charge in [0.05, 0.1) is 112 Å². The number of nitrogens with zero attached hydrogens (tertiary/aromatic N) is 2. The van der Waals surface area contributed by atoms with Gasteiger partial charge in [0.2, 0.25) is 11.6 Å². The van der Waals surface area contributed by atoms with E-state index < -0.39 is 141 Å². The summed E-state index contributed by atoms with van der Waals surface area (Å²) in [5.74, 6) is -22.8. The summed E-state index contributed by atoms with van der Waals surface area (Å²) >= 11 is 0. The highest BCUT2D eigenvalue weighted by molar-refractivity contribution is 5.95. The fourth-order valence-electron chi connectivity index (χ4n) is 16.4. The van der Waals surface area contributed by atoms with Crippen molar-refractivity contribution in [3.8, 4) is 22.3 Å². The average molecular weight is 1720 g/mol. The zero-order valence-corrected chi connectivity index (χ0v) is 67.7. The van der Waals surface area contributed by atoms with Crippen molar-refractivity contribution in [1.29, 1.82) is 0 Å². The minimum atomic E-state index is -2.43. The number of rotatable bonds is 32. The summed E-state index contributed by atoms with van der Waals surface area (Å²) in [4.78, 5) is 16.7. The van der Waals surface area contributed by atoms with Gasteiger partial charge in [-0.05, 0) is 93.1 Å². The number of fused-ring (bicyclic) bond motifs is 8. The molecular weight excluding hydrogens is 1630 g/mol. The van der Waals surface area contributed by atoms with Crippen molar-refractivity contribution in [2.75, 3.05) is 13.2 Å². The molecule has 642 valence electrons. The topological polar surface area (TPSA) is 150 Å². The largest absolute Gasteiger partial charge is 0.374 e. The van der Waals surface area contributed by atoms with Crippen LogP contribution in [-0.2, 0) is 113 Å². The molecule has 7 heterocycles. The predicted molar refractivity (Wildman–Crippen MR) is 456 cm³/mol. The number of aromatic nitrogens is 4. The molecule has 8 bridgehead atoms. The van der Waals surface area contributed by atoms with Crippen molar-refractivity contribution in [3.05, 3.63) is 404 Å². The summed E-state index contributed by atoms with van der Waals surface area (Å²) in [6, 6.07) is 80.6. The lowest BCUT2D eigenvalue weighted by molar-refractivity contribution is -0.272. The first-order valence-electron chi connectivity index (χ1n) is 41.3. The van der Waals surface area contributed by atoms with Gasteiger partial charge in [0, 0.05) is 57.2 Å². The van der Waals surface area contributed by atoms with Gasteiger partial charge in [0.15, 0.2) is 46.5 Å². The standard InChI is InChI=1S/C102H84F10N4O10/c103-87-85(88(104)92(108)95(111)91(87)107)83-75-45-41-71(113-75)69(49-79-97(119-53-63-29-13-3-14-30-63)101(123-57-67-37-21-7-22-38-67)99(121-55-65-33-17-5-18-34-65)81(125-79)59-117-51-61-25-9-1-10-26-61)72-42-46-76(114-72)84(86-89(105)93(109)96(112)94(110)90(86)106)78-48-44-74(116-78)70(73-43-47-77(83)115-73)50-80-98(120-54-64-31-15-4-16-32-64)102(124-58-68-39-23-8-24-40-68)100(122-56-66-35-19-6-20-36-66)82(126-80)60-118-52-62-27-11-2-12-28-62/h1-48,79-82,97-102,113,116H,49-60H2/t79-,80-,81-,82-,97+,98+,99-,100-,101-,102-/m1/s1. The van der Waals surface area contributed by atoms with Gasteiger partial charge in [-0.15, -0.1) is 0 Å². The predicted octanol–water partition coefficient (Wildman–Crippen LogP) is 21.9. The fraction of sp³-hybridized carbons (Fsp3) is 0.216. The lowest BCUT2D eigenvalue weighted by Crippen LogP contribution is -2.61. The van der Waals surface area contributed by atoms with Gasteiger partial charge < -0.3 is 57.3 Å². The van der Waals surface area contributed by atoms with Crippen LogP contribution < -0.4 is 0 Å². The lowest BCUT2D eigenvalue weighted by atomic mass is 9.90. The molecular formula is C102H84F10N4O10. The first-order valence-corrected chi connectivity index (χ1v) is 41.3. The second-order valence-electron chi connectivity index (χ2n) is 31.0. The molecule has 126 heavy (non-hydrogen) atoms. The van der Waals surface area contributed by atoms with Crippen LogP contribution >= 0.6 is 0 Å². The van der Waals surface area contributed by atoms with E-state index in [4.69, 9.17) is 57.3 Å². The molecule has 2 N–H and O–H groups in total. The minimum Gasteiger partial charge on any atom is -0.374 e. The van der Waals surface area contributed by atoms with E-state index in [1.54, 1.807) is 0 Å². The number of hydrogen-bond acceptors (Lipinski definition) is 12. The van der Waals surface area contributed by atoms with Crippen LogP contribution in [0, 0.1) is 58.2 Å². The van der Waals surface area contributed by atoms with E-state index in [1.165, 1.54) is 48.6 Å². The van der Waals surface area contributed by atoms with Gasteiger partial charge in [0.1, 0.15) is 48.8 Å². The Hall–Kier alpha value is -12.3. The van der Waals surface area contributed by atoms with Crippen molar-refractivity contribution in [1.82, 2.24) is 19.9 Å². The summed E-state index contributed by atoms with van der Waals surface area (Å²) in [5.41, 5.74) is 1.22. The second-order valence-corrected chi connectivity index (χ2v) is 31.0. The van der Waals surface area contributed by atoms with Gasteiger partial charge >= 0.3 is 0 Å². The van der Waals surface area contributed by atoms with Crippen LogP contribution in [0.1, 0.15) is 78.4 Å². The van der Waals surface area contributed by atoms with E-state index in [-0.39, 0.29) is 135 Å². The number of nitrogens with one attached hydrogen (secondary N) is 2. The third-order valence-corrected chi connectivity index (χ3v) is 22.7. The highest BCUT2D eigenvalue weighted by Gasteiger charge is 2.51. The number of H-pyrrole nitrogens is 2. The monoisotopic (exact) mass is 1710 g/mol. The average Bonchev–Trinajstić information content (AvgIpc) is 1.57. The number of halogens is 10. The molecule has 2 fully saturated rings. The van der Waals surface area contributed by atoms with Gasteiger partial charge in [-0.2, -0.15) is 0 Å². The number of hydrogen-bond donors (Lipinski definition) is 2. The van der Waals surface area contributed by atoms with Crippen LogP contribution in [0.3, 0.4) is 0 Å². The first-order chi connectivity index (χ1) is 61.6. The van der Waals surface area contributed by atoms with Crippen molar-refractivity contribution >= 4 is 46.4 Å². The zero-order valence-electron chi connectivity index (χ0n) is 67.7. The van der Waals surface area contributed by atoms with Crippen LogP contribution in [0.25, 0.3) is 68.6 Å². The molecule has 0 aliphatic carbocycles. The number of benzene rings is 10. The molecule has 13 aromatic rings. The third-order valence-electron chi connectivity index (χ3n) is 22.7. The van der Waals surface area contributed by atoms with Crippen LogP contribution in [0.4, 0.5) is 43.9 Å². The Morgan fingerprint density at radius 3 is 0.722 bits per heavy atom. The Balaban J connectivity index is 0.889. The molecule has 4 aliphatic heterocycles. The molecule has 0 spiro atoms. The fourth-order valence-corrected chi connectivity index (χ4v) is 16.4. The Kier molecular flexibility index (Phi) is 27.2. The lowest BCUT2D eigenvalue weighted by Gasteiger charge is -2.46. The number of ether oxygens (including phenoxy) is 10. The van der Waals surface area contributed by atoms with Gasteiger partial charge in [0.25, 0.3) is 0 Å². The highest BCUT2D eigenvalue weighted by atomic mass is 19.2. The molecule has 14 nitrogen and oxygen atoms in total. The Bertz CT molecular complexity index is 5740. The van der Waals surface area contributed by atoms with E-state index in [0.29, 0.717) is 0 Å². The van der Waals surface area contributed by atoms with E-state index in [2.05, 4.69) is 9.97 Å². The molecule has 3 aromatic heterocycles. The summed E-state index contributed by atoms with van der Waals surface area (Å²) < 4.78 is 237. The summed E-state index contributed by atoms with van der Waals surface area (Å²) in [5, 5.41) is 0. The van der Waals surface area contributed by atoms with Crippen LogP contribution in [0.2, 0.25) is 0 Å². The van der Waals surface area contributed by atoms with E-state index >= 15 is 43.9 Å². The third kappa shape index (κ3) is 19.4. The van der Waals surface area contributed by atoms with Gasteiger partial charge in [-0.1, -0.05) is 243 Å². The summed E-state index contributed by atoms with van der Waals surface area (Å²) in [6.45, 7) is 0.0623. The van der Waals surface area contributed by atoms with Gasteiger partial charge in [-0.25, -0.2) is 53.9 Å². The zero-order chi connectivity index (χ0) is 86.6. The van der Waals surface area contributed by atoms with Crippen molar-refractivity contribution < 1.29 is 91.3 Å². The molecule has 2 saturated heterocycles. The van der Waals surface area contributed by atoms with Crippen LogP contribution in [0.15, 0.2) is 267 Å². The smallest absolute Gasteiger partial charge is 0.200 e. The van der Waals surface area contributed by atoms with Crippen molar-refractivity contribution in [2.45, 2.75) is 127 Å². The van der Waals surface area contributed by atoms with E-state index in [9.17, 15) is 0 Å². The van der Waals surface area contributed by atoms with E-state index in [1.807, 2.05) is 243 Å². The second kappa shape index (κ2) is 39.9. The molecule has 0 amide bonds. The quantitative estimate of drug-likeness (QED) is 0.0235. The van der Waals surface area contributed by atoms with Crippen molar-refractivity contribution in [2.24, 2.45) is 0 Å². The molecule has 24 heteroatoms. The normalized spacial score (nSPS) is 19.2. The first kappa shape index (κ1) is 85.8. The van der Waals surface area contributed by atoms with Crippen LogP contribution in [-0.4, -0.2) is 94.2 Å². The molecule has 0 unspecified atom stereocenters. The minimum absolute atomic E-state index is 0.0138. The SMILES string of the molecule is Fc1c(F)c(F)c(-c2c3nc(c(C[C@H]4O[C@H](COCc5ccccc5)[C@@H](OCc5ccccc5)[C@H](OCc5ccccc5)[C@H]4OCc4ccccc4)c4ccc([nH]4)c(-c4c(F)c(F)c(F)c(F)c4F)c4nc(c(C[C@H]5O[C@H](COCc6ccccc6)[C@@H](OCc6ccccc6)[C@H](OCc6ccccc6)[C@H]5OCc5ccccc5)c5ccc2[nH]5)C=C4)C=C3)c(F)c1F. The maximum atomic E-state index is 17.4. The Labute approximate surface area is 719 Å². The molecule has 10 atom stereocenters. The van der Waals surface area contributed by atoms with E-state index in [0.717, 1.165) is 44.5 Å². The molecule has 10 aromatic carbocycles. The molecule has 0 radical (unpaired) electrons. The van der Waals surface area contributed by atoms with Gasteiger partial charge in [-0.3, -0.25) is 0 Å². The maximum absolute atomic E-state index is 17.4.